The fourth-order valence-corrected chi connectivity index (χ4v) is 3.84. The van der Waals surface area contributed by atoms with Crippen LogP contribution in [0.5, 0.6) is 0 Å². The van der Waals surface area contributed by atoms with Crippen LogP contribution in [-0.4, -0.2) is 47.8 Å². The van der Waals surface area contributed by atoms with Crippen molar-refractivity contribution in [2.45, 2.75) is 44.2 Å². The number of likely N-dealkylation sites (tertiary alicyclic amines) is 1. The third-order valence-electron chi connectivity index (χ3n) is 5.38. The second-order valence-corrected chi connectivity index (χ2v) is 7.33. The third-order valence-corrected chi connectivity index (χ3v) is 5.38. The lowest BCUT2D eigenvalue weighted by Crippen LogP contribution is -2.48. The van der Waals surface area contributed by atoms with E-state index in [1.807, 2.05) is 0 Å². The zero-order valence-electron chi connectivity index (χ0n) is 14.5. The van der Waals surface area contributed by atoms with Crippen LogP contribution >= 0.6 is 0 Å². The number of halogens is 1. The molecule has 0 spiro atoms. The molecule has 4 rings (SSSR count). The quantitative estimate of drug-likeness (QED) is 0.885. The van der Waals surface area contributed by atoms with Crippen LogP contribution in [0.4, 0.5) is 10.1 Å². The largest absolute Gasteiger partial charge is 0.352 e. The standard InChI is InChI=1S/C19H22FN3O3/c20-14-4-1-2-5-15(14)23-11-12(10-17(23)24)19(26)22-9-3-6-16(22)18(25)21-13-7-8-13/h1-2,4-5,12-13,16H,3,6-11H2,(H,21,25)/t12-,16+/m0/s1. The first-order valence-corrected chi connectivity index (χ1v) is 9.20. The number of rotatable bonds is 4. The fourth-order valence-electron chi connectivity index (χ4n) is 3.84. The molecule has 0 unspecified atom stereocenters. The molecule has 1 saturated carbocycles. The summed E-state index contributed by atoms with van der Waals surface area (Å²) in [6.45, 7) is 0.692. The van der Waals surface area contributed by atoms with Gasteiger partial charge in [-0.2, -0.15) is 0 Å². The maximum absolute atomic E-state index is 14.0. The maximum atomic E-state index is 14.0. The van der Waals surface area contributed by atoms with Crippen LogP contribution in [0, 0.1) is 11.7 Å². The van der Waals surface area contributed by atoms with E-state index < -0.39 is 17.8 Å². The molecule has 7 heteroatoms. The van der Waals surface area contributed by atoms with E-state index in [0.717, 1.165) is 19.3 Å². The molecule has 1 aromatic rings. The second-order valence-electron chi connectivity index (χ2n) is 7.33. The molecule has 1 aromatic carbocycles. The Morgan fingerprint density at radius 3 is 2.65 bits per heavy atom. The van der Waals surface area contributed by atoms with Crippen molar-refractivity contribution in [1.29, 1.82) is 0 Å². The summed E-state index contributed by atoms with van der Waals surface area (Å²) in [5.74, 6) is -1.53. The number of carbonyl (C=O) groups is 3. The predicted molar refractivity (Wildman–Crippen MR) is 92.8 cm³/mol. The van der Waals surface area contributed by atoms with Crippen LogP contribution in [0.15, 0.2) is 24.3 Å². The Hall–Kier alpha value is -2.44. The lowest BCUT2D eigenvalue weighted by Gasteiger charge is -2.26. The summed E-state index contributed by atoms with van der Waals surface area (Å²) < 4.78 is 14.0. The van der Waals surface area contributed by atoms with Crippen LogP contribution in [0.1, 0.15) is 32.1 Å². The molecule has 1 N–H and O–H groups in total. The van der Waals surface area contributed by atoms with Crippen LogP contribution in [0.25, 0.3) is 0 Å². The Labute approximate surface area is 151 Å². The first kappa shape index (κ1) is 17.0. The molecule has 2 atom stereocenters. The highest BCUT2D eigenvalue weighted by atomic mass is 19.1. The minimum atomic E-state index is -0.531. The molecule has 26 heavy (non-hydrogen) atoms. The smallest absolute Gasteiger partial charge is 0.243 e. The minimum absolute atomic E-state index is 0.0562. The van der Waals surface area contributed by atoms with Crippen molar-refractivity contribution in [2.75, 3.05) is 18.0 Å². The lowest BCUT2D eigenvalue weighted by atomic mass is 10.1. The Morgan fingerprint density at radius 1 is 1.15 bits per heavy atom. The molecule has 6 nitrogen and oxygen atoms in total. The van der Waals surface area contributed by atoms with Crippen LogP contribution in [-0.2, 0) is 14.4 Å². The highest BCUT2D eigenvalue weighted by Crippen LogP contribution is 2.30. The lowest BCUT2D eigenvalue weighted by molar-refractivity contribution is -0.141. The van der Waals surface area contributed by atoms with Crippen molar-refractivity contribution in [3.8, 4) is 0 Å². The molecule has 0 radical (unpaired) electrons. The van der Waals surface area contributed by atoms with E-state index in [4.69, 9.17) is 0 Å². The van der Waals surface area contributed by atoms with Gasteiger partial charge in [0.25, 0.3) is 0 Å². The molecule has 2 heterocycles. The van der Waals surface area contributed by atoms with Gasteiger partial charge in [-0.25, -0.2) is 4.39 Å². The van der Waals surface area contributed by atoms with Gasteiger partial charge in [-0.05, 0) is 37.8 Å². The number of anilines is 1. The molecule has 0 aromatic heterocycles. The summed E-state index contributed by atoms with van der Waals surface area (Å²) >= 11 is 0. The molecule has 2 saturated heterocycles. The zero-order chi connectivity index (χ0) is 18.3. The van der Waals surface area contributed by atoms with Crippen molar-refractivity contribution in [2.24, 2.45) is 5.92 Å². The van der Waals surface area contributed by atoms with Gasteiger partial charge in [0, 0.05) is 25.6 Å². The molecule has 1 aliphatic carbocycles. The maximum Gasteiger partial charge on any atom is 0.243 e. The Balaban J connectivity index is 1.45. The van der Waals surface area contributed by atoms with Gasteiger partial charge in [0.05, 0.1) is 11.6 Å². The van der Waals surface area contributed by atoms with E-state index in [-0.39, 0.29) is 42.4 Å². The van der Waals surface area contributed by atoms with Crippen molar-refractivity contribution in [1.82, 2.24) is 10.2 Å². The molecular weight excluding hydrogens is 337 g/mol. The van der Waals surface area contributed by atoms with Gasteiger partial charge in [-0.15, -0.1) is 0 Å². The van der Waals surface area contributed by atoms with E-state index in [2.05, 4.69) is 5.32 Å². The number of para-hydroxylation sites is 1. The van der Waals surface area contributed by atoms with Crippen LogP contribution < -0.4 is 10.2 Å². The number of nitrogens with one attached hydrogen (secondary N) is 1. The number of hydrogen-bond donors (Lipinski definition) is 1. The molecule has 0 bridgehead atoms. The molecular formula is C19H22FN3O3. The molecule has 3 fully saturated rings. The molecule has 3 amide bonds. The normalized spacial score (nSPS) is 25.7. The average Bonchev–Trinajstić information content (AvgIpc) is 3.16. The van der Waals surface area contributed by atoms with E-state index in [1.54, 1.807) is 23.1 Å². The van der Waals surface area contributed by atoms with Gasteiger partial charge in [-0.1, -0.05) is 12.1 Å². The summed E-state index contributed by atoms with van der Waals surface area (Å²) in [6.07, 6.45) is 3.50. The monoisotopic (exact) mass is 359 g/mol. The summed E-state index contributed by atoms with van der Waals surface area (Å²) in [4.78, 5) is 40.6. The third kappa shape index (κ3) is 3.18. The van der Waals surface area contributed by atoms with Crippen molar-refractivity contribution in [3.05, 3.63) is 30.1 Å². The number of amides is 3. The van der Waals surface area contributed by atoms with Gasteiger partial charge in [-0.3, -0.25) is 14.4 Å². The van der Waals surface area contributed by atoms with Gasteiger partial charge >= 0.3 is 0 Å². The summed E-state index contributed by atoms with van der Waals surface area (Å²) in [7, 11) is 0. The number of benzene rings is 1. The van der Waals surface area contributed by atoms with Gasteiger partial charge in [0.1, 0.15) is 11.9 Å². The SMILES string of the molecule is O=C(NC1CC1)[C@H]1CCCN1C(=O)[C@H]1CC(=O)N(c2ccccc2F)C1. The van der Waals surface area contributed by atoms with Crippen molar-refractivity contribution >= 4 is 23.4 Å². The topological polar surface area (TPSA) is 69.7 Å². The summed E-state index contributed by atoms with van der Waals surface area (Å²) in [6, 6.07) is 5.89. The Morgan fingerprint density at radius 2 is 1.92 bits per heavy atom. The average molecular weight is 359 g/mol. The predicted octanol–water partition coefficient (Wildman–Crippen LogP) is 1.45. The first-order chi connectivity index (χ1) is 12.5. The van der Waals surface area contributed by atoms with Gasteiger partial charge in [0.15, 0.2) is 0 Å². The number of nitrogens with zero attached hydrogens (tertiary/aromatic N) is 2. The minimum Gasteiger partial charge on any atom is -0.352 e. The molecule has 3 aliphatic rings. The summed E-state index contributed by atoms with van der Waals surface area (Å²) in [5, 5.41) is 2.96. The van der Waals surface area contributed by atoms with E-state index in [1.165, 1.54) is 11.0 Å². The van der Waals surface area contributed by atoms with Crippen LogP contribution in [0.2, 0.25) is 0 Å². The van der Waals surface area contributed by atoms with Crippen molar-refractivity contribution < 1.29 is 18.8 Å². The van der Waals surface area contributed by atoms with Crippen LogP contribution in [0.3, 0.4) is 0 Å². The summed E-state index contributed by atoms with van der Waals surface area (Å²) in [5.41, 5.74) is 0.206. The van der Waals surface area contributed by atoms with Gasteiger partial charge < -0.3 is 15.1 Å². The number of carbonyl (C=O) groups excluding carboxylic acids is 3. The Kier molecular flexibility index (Phi) is 4.38. The van der Waals surface area contributed by atoms with E-state index in [9.17, 15) is 18.8 Å². The van der Waals surface area contributed by atoms with E-state index in [0.29, 0.717) is 13.0 Å². The van der Waals surface area contributed by atoms with E-state index >= 15 is 0 Å². The highest BCUT2D eigenvalue weighted by molar-refractivity contribution is 6.01. The number of hydrogen-bond acceptors (Lipinski definition) is 3. The second kappa shape index (κ2) is 6.70. The molecule has 2 aliphatic heterocycles. The van der Waals surface area contributed by atoms with Crippen molar-refractivity contribution in [3.63, 3.8) is 0 Å². The highest BCUT2D eigenvalue weighted by Gasteiger charge is 2.43. The molecule has 138 valence electrons. The first-order valence-electron chi connectivity index (χ1n) is 9.20. The zero-order valence-corrected chi connectivity index (χ0v) is 14.5. The Bertz CT molecular complexity index is 749. The fraction of sp³-hybridized carbons (Fsp3) is 0.526. The van der Waals surface area contributed by atoms with Gasteiger partial charge in [0.2, 0.25) is 17.7 Å².